The van der Waals surface area contributed by atoms with Crippen molar-refractivity contribution in [3.8, 4) is 16.2 Å². The van der Waals surface area contributed by atoms with Gasteiger partial charge < -0.3 is 9.47 Å². The van der Waals surface area contributed by atoms with Crippen LogP contribution >= 0.6 is 11.3 Å². The van der Waals surface area contributed by atoms with E-state index < -0.39 is 0 Å². The Kier molecular flexibility index (Phi) is 4.80. The summed E-state index contributed by atoms with van der Waals surface area (Å²) in [5, 5.41) is 1.21. The predicted octanol–water partition coefficient (Wildman–Crippen LogP) is 5.97. The third-order valence-electron chi connectivity index (χ3n) is 4.63. The van der Waals surface area contributed by atoms with E-state index in [-0.39, 0.29) is 11.4 Å². The second-order valence-corrected chi connectivity index (χ2v) is 8.48. The van der Waals surface area contributed by atoms with Crippen LogP contribution in [0.3, 0.4) is 0 Å². The standard InChI is InChI=1S/C22H24O3S/c1-13-15(18-11-14-9-7-8-10-17(14)26-18)12-16(22(2,3)4)20(24-5)19(13)21(23)25-6/h7-12H,1-6H3. The molecule has 1 heterocycles. The summed E-state index contributed by atoms with van der Waals surface area (Å²) < 4.78 is 12.0. The van der Waals surface area contributed by atoms with Crippen LogP contribution in [0.4, 0.5) is 0 Å². The van der Waals surface area contributed by atoms with Gasteiger partial charge in [0.1, 0.15) is 11.3 Å². The van der Waals surface area contributed by atoms with Gasteiger partial charge in [0.15, 0.2) is 0 Å². The van der Waals surface area contributed by atoms with Crippen LogP contribution in [-0.4, -0.2) is 20.2 Å². The molecule has 1 aromatic heterocycles. The second-order valence-electron chi connectivity index (χ2n) is 7.39. The Balaban J connectivity index is 2.36. The van der Waals surface area contributed by atoms with Crippen molar-refractivity contribution >= 4 is 27.4 Å². The molecule has 0 radical (unpaired) electrons. The number of esters is 1. The fourth-order valence-electron chi connectivity index (χ4n) is 3.25. The van der Waals surface area contributed by atoms with Crippen LogP contribution in [0.25, 0.3) is 20.5 Å². The highest BCUT2D eigenvalue weighted by Gasteiger charge is 2.28. The number of carbonyl (C=O) groups is 1. The lowest BCUT2D eigenvalue weighted by molar-refractivity contribution is 0.0596. The van der Waals surface area contributed by atoms with Gasteiger partial charge >= 0.3 is 5.97 Å². The molecule has 2 aromatic carbocycles. The highest BCUT2D eigenvalue weighted by Crippen LogP contribution is 2.43. The molecule has 136 valence electrons. The van der Waals surface area contributed by atoms with Gasteiger partial charge in [-0.3, -0.25) is 0 Å². The zero-order valence-corrected chi connectivity index (χ0v) is 16.9. The SMILES string of the molecule is COC(=O)c1c(C)c(-c2cc3ccccc3s2)cc(C(C)(C)C)c1OC. The summed E-state index contributed by atoms with van der Waals surface area (Å²) in [6.45, 7) is 8.32. The molecule has 0 fully saturated rings. The number of carbonyl (C=O) groups excluding carboxylic acids is 1. The Morgan fingerprint density at radius 2 is 1.77 bits per heavy atom. The van der Waals surface area contributed by atoms with Gasteiger partial charge in [0, 0.05) is 15.1 Å². The van der Waals surface area contributed by atoms with Gasteiger partial charge in [0.05, 0.1) is 14.2 Å². The van der Waals surface area contributed by atoms with Gasteiger partial charge in [-0.25, -0.2) is 4.79 Å². The molecule has 0 aliphatic heterocycles. The quantitative estimate of drug-likeness (QED) is 0.534. The smallest absolute Gasteiger partial charge is 0.341 e. The van der Waals surface area contributed by atoms with Crippen molar-refractivity contribution in [2.75, 3.05) is 14.2 Å². The number of thiophene rings is 1. The number of ether oxygens (including phenoxy) is 2. The summed E-state index contributed by atoms with van der Waals surface area (Å²) in [5.74, 6) is 0.236. The third-order valence-corrected chi connectivity index (χ3v) is 5.78. The lowest BCUT2D eigenvalue weighted by Gasteiger charge is -2.26. The molecular formula is C22H24O3S. The molecular weight excluding hydrogens is 344 g/mol. The van der Waals surface area contributed by atoms with Gasteiger partial charge in [0.25, 0.3) is 0 Å². The van der Waals surface area contributed by atoms with E-state index in [4.69, 9.17) is 9.47 Å². The van der Waals surface area contributed by atoms with Gasteiger partial charge in [0.2, 0.25) is 0 Å². The molecule has 0 spiro atoms. The van der Waals surface area contributed by atoms with Crippen LogP contribution < -0.4 is 4.74 Å². The van der Waals surface area contributed by atoms with Crippen molar-refractivity contribution in [1.82, 2.24) is 0 Å². The lowest BCUT2D eigenvalue weighted by atomic mass is 9.82. The number of benzene rings is 2. The van der Waals surface area contributed by atoms with Crippen molar-refractivity contribution in [2.24, 2.45) is 0 Å². The Morgan fingerprint density at radius 1 is 1.08 bits per heavy atom. The molecule has 0 atom stereocenters. The largest absolute Gasteiger partial charge is 0.496 e. The monoisotopic (exact) mass is 368 g/mol. The summed E-state index contributed by atoms with van der Waals surface area (Å²) >= 11 is 1.73. The van der Waals surface area contributed by atoms with Gasteiger partial charge in [-0.2, -0.15) is 0 Å². The Labute approximate surface area is 158 Å². The predicted molar refractivity (Wildman–Crippen MR) is 109 cm³/mol. The number of methoxy groups -OCH3 is 2. The van der Waals surface area contributed by atoms with E-state index in [1.807, 2.05) is 19.1 Å². The fraction of sp³-hybridized carbons (Fsp3) is 0.318. The van der Waals surface area contributed by atoms with Crippen LogP contribution in [-0.2, 0) is 10.2 Å². The minimum atomic E-state index is -0.368. The highest BCUT2D eigenvalue weighted by atomic mass is 32.1. The summed E-state index contributed by atoms with van der Waals surface area (Å²) in [5.41, 5.74) is 3.27. The van der Waals surface area contributed by atoms with E-state index in [2.05, 4.69) is 45.0 Å². The molecule has 3 nitrogen and oxygen atoms in total. The summed E-state index contributed by atoms with van der Waals surface area (Å²) in [6, 6.07) is 12.7. The molecule has 3 aromatic rings. The summed E-state index contributed by atoms with van der Waals surface area (Å²) in [4.78, 5) is 13.7. The summed E-state index contributed by atoms with van der Waals surface area (Å²) in [6.07, 6.45) is 0. The molecule has 0 amide bonds. The number of hydrogen-bond acceptors (Lipinski definition) is 4. The maximum Gasteiger partial charge on any atom is 0.341 e. The first-order chi connectivity index (χ1) is 12.3. The number of hydrogen-bond donors (Lipinski definition) is 0. The number of fused-ring (bicyclic) bond motifs is 1. The molecule has 4 heteroatoms. The Hall–Kier alpha value is -2.33. The third kappa shape index (κ3) is 3.10. The van der Waals surface area contributed by atoms with Gasteiger partial charge in [-0.15, -0.1) is 11.3 Å². The molecule has 0 aliphatic rings. The molecule has 3 rings (SSSR count). The van der Waals surface area contributed by atoms with Crippen molar-refractivity contribution in [1.29, 1.82) is 0 Å². The van der Waals surface area contributed by atoms with Crippen LogP contribution in [0, 0.1) is 6.92 Å². The second kappa shape index (κ2) is 6.76. The topological polar surface area (TPSA) is 35.5 Å². The average Bonchev–Trinajstić information content (AvgIpc) is 3.03. The molecule has 0 bridgehead atoms. The maximum atomic E-state index is 12.6. The molecule has 0 N–H and O–H groups in total. The first-order valence-electron chi connectivity index (χ1n) is 8.57. The molecule has 0 saturated heterocycles. The van der Waals surface area contributed by atoms with E-state index in [0.29, 0.717) is 11.3 Å². The van der Waals surface area contributed by atoms with E-state index in [1.165, 1.54) is 17.2 Å². The maximum absolute atomic E-state index is 12.6. The fourth-order valence-corrected chi connectivity index (χ4v) is 4.38. The number of rotatable bonds is 3. The van der Waals surface area contributed by atoms with Crippen LogP contribution in [0.2, 0.25) is 0 Å². The Morgan fingerprint density at radius 3 is 2.35 bits per heavy atom. The minimum Gasteiger partial charge on any atom is -0.496 e. The van der Waals surface area contributed by atoms with Crippen LogP contribution in [0.5, 0.6) is 5.75 Å². The van der Waals surface area contributed by atoms with Crippen molar-refractivity contribution in [2.45, 2.75) is 33.1 Å². The first-order valence-corrected chi connectivity index (χ1v) is 9.39. The minimum absolute atomic E-state index is 0.173. The molecule has 0 aliphatic carbocycles. The summed E-state index contributed by atoms with van der Waals surface area (Å²) in [7, 11) is 3.01. The average molecular weight is 368 g/mol. The van der Waals surface area contributed by atoms with Crippen molar-refractivity contribution < 1.29 is 14.3 Å². The van der Waals surface area contributed by atoms with E-state index in [9.17, 15) is 4.79 Å². The first kappa shape index (κ1) is 18.5. The lowest BCUT2D eigenvalue weighted by Crippen LogP contribution is -2.17. The molecule has 0 saturated carbocycles. The van der Waals surface area contributed by atoms with E-state index in [0.717, 1.165) is 21.6 Å². The highest BCUT2D eigenvalue weighted by molar-refractivity contribution is 7.22. The van der Waals surface area contributed by atoms with Crippen LogP contribution in [0.15, 0.2) is 36.4 Å². The molecule has 0 unspecified atom stereocenters. The zero-order chi connectivity index (χ0) is 19.1. The van der Waals surface area contributed by atoms with Gasteiger partial charge in [-0.05, 0) is 47.1 Å². The van der Waals surface area contributed by atoms with E-state index >= 15 is 0 Å². The van der Waals surface area contributed by atoms with Crippen molar-refractivity contribution in [3.63, 3.8) is 0 Å². The normalized spacial score (nSPS) is 11.6. The zero-order valence-electron chi connectivity index (χ0n) is 16.1. The van der Waals surface area contributed by atoms with E-state index in [1.54, 1.807) is 18.4 Å². The molecule has 26 heavy (non-hydrogen) atoms. The van der Waals surface area contributed by atoms with Crippen LogP contribution in [0.1, 0.15) is 42.3 Å². The van der Waals surface area contributed by atoms with Gasteiger partial charge in [-0.1, -0.05) is 39.0 Å². The Bertz CT molecular complexity index is 944. The van der Waals surface area contributed by atoms with Crippen molar-refractivity contribution in [3.05, 3.63) is 53.1 Å².